The van der Waals surface area contributed by atoms with Gasteiger partial charge in [0.1, 0.15) is 0 Å². The van der Waals surface area contributed by atoms with Gasteiger partial charge in [-0.15, -0.1) is 0 Å². The van der Waals surface area contributed by atoms with Gasteiger partial charge in [0.2, 0.25) is 0 Å². The first kappa shape index (κ1) is 11.5. The Balaban J connectivity index is 2.56. The summed E-state index contributed by atoms with van der Waals surface area (Å²) in [4.78, 5) is 13.6. The molecule has 0 aliphatic carbocycles. The Morgan fingerprint density at radius 2 is 2.14 bits per heavy atom. The Kier molecular flexibility index (Phi) is 3.53. The predicted octanol–water partition coefficient (Wildman–Crippen LogP) is 1.81. The van der Waals surface area contributed by atoms with Gasteiger partial charge in [-0.3, -0.25) is 9.69 Å². The number of likely N-dealkylation sites (tertiary alicyclic amines) is 1. The van der Waals surface area contributed by atoms with Crippen molar-refractivity contribution in [2.45, 2.75) is 51.6 Å². The van der Waals surface area contributed by atoms with Crippen molar-refractivity contribution in [3.8, 4) is 0 Å². The Morgan fingerprint density at radius 1 is 1.50 bits per heavy atom. The highest BCUT2D eigenvalue weighted by molar-refractivity contribution is 5.69. The van der Waals surface area contributed by atoms with E-state index in [0.29, 0.717) is 12.5 Å². The highest BCUT2D eigenvalue weighted by atomic mass is 16.5. The summed E-state index contributed by atoms with van der Waals surface area (Å²) in [7, 11) is 1.46. The summed E-state index contributed by atoms with van der Waals surface area (Å²) in [6.45, 7) is 7.69. The zero-order chi connectivity index (χ0) is 10.8. The number of hydrogen-bond donors (Lipinski definition) is 0. The van der Waals surface area contributed by atoms with E-state index in [1.165, 1.54) is 13.5 Å². The van der Waals surface area contributed by atoms with Gasteiger partial charge in [-0.2, -0.15) is 0 Å². The standard InChI is InChI=1S/C11H21NO2/c1-11(2,3)12-7-5-6-9(12)8-10(13)14-4/h9H,5-8H2,1-4H3. The van der Waals surface area contributed by atoms with E-state index in [-0.39, 0.29) is 11.5 Å². The quantitative estimate of drug-likeness (QED) is 0.635. The van der Waals surface area contributed by atoms with Crippen LogP contribution in [0.2, 0.25) is 0 Å². The summed E-state index contributed by atoms with van der Waals surface area (Å²) in [6.07, 6.45) is 2.85. The van der Waals surface area contributed by atoms with Crippen molar-refractivity contribution in [3.05, 3.63) is 0 Å². The molecule has 1 saturated heterocycles. The molecule has 0 saturated carbocycles. The minimum absolute atomic E-state index is 0.0915. The van der Waals surface area contributed by atoms with Crippen molar-refractivity contribution in [3.63, 3.8) is 0 Å². The molecule has 1 rings (SSSR count). The lowest BCUT2D eigenvalue weighted by Gasteiger charge is -2.36. The zero-order valence-corrected chi connectivity index (χ0v) is 9.67. The van der Waals surface area contributed by atoms with Crippen LogP contribution in [0.3, 0.4) is 0 Å². The molecule has 0 N–H and O–H groups in total. The zero-order valence-electron chi connectivity index (χ0n) is 9.67. The Hall–Kier alpha value is -0.570. The van der Waals surface area contributed by atoms with Gasteiger partial charge in [0.15, 0.2) is 0 Å². The average Bonchev–Trinajstić information content (AvgIpc) is 2.51. The normalized spacial score (nSPS) is 23.9. The monoisotopic (exact) mass is 199 g/mol. The summed E-state index contributed by atoms with van der Waals surface area (Å²) < 4.78 is 4.71. The molecule has 1 fully saturated rings. The van der Waals surface area contributed by atoms with Crippen molar-refractivity contribution in [1.82, 2.24) is 4.90 Å². The van der Waals surface area contributed by atoms with E-state index in [9.17, 15) is 4.79 Å². The molecule has 14 heavy (non-hydrogen) atoms. The third-order valence-corrected chi connectivity index (χ3v) is 2.87. The fraction of sp³-hybridized carbons (Fsp3) is 0.909. The fourth-order valence-electron chi connectivity index (χ4n) is 2.21. The smallest absolute Gasteiger partial charge is 0.307 e. The molecule has 0 bridgehead atoms. The maximum Gasteiger partial charge on any atom is 0.307 e. The predicted molar refractivity (Wildman–Crippen MR) is 56.1 cm³/mol. The van der Waals surface area contributed by atoms with Gasteiger partial charge >= 0.3 is 5.97 Å². The molecule has 0 spiro atoms. The number of carbonyl (C=O) groups excluding carboxylic acids is 1. The molecule has 0 radical (unpaired) electrons. The van der Waals surface area contributed by atoms with E-state index in [4.69, 9.17) is 4.74 Å². The third kappa shape index (κ3) is 2.71. The van der Waals surface area contributed by atoms with E-state index in [2.05, 4.69) is 25.7 Å². The minimum atomic E-state index is -0.0915. The number of hydrogen-bond acceptors (Lipinski definition) is 3. The maximum absolute atomic E-state index is 11.2. The summed E-state index contributed by atoms with van der Waals surface area (Å²) in [6, 6.07) is 0.377. The molecule has 1 heterocycles. The van der Waals surface area contributed by atoms with Crippen LogP contribution in [0.25, 0.3) is 0 Å². The largest absolute Gasteiger partial charge is 0.469 e. The van der Waals surface area contributed by atoms with E-state index in [1.54, 1.807) is 0 Å². The highest BCUT2D eigenvalue weighted by Gasteiger charge is 2.33. The van der Waals surface area contributed by atoms with Gasteiger partial charge < -0.3 is 4.74 Å². The number of ether oxygens (including phenoxy) is 1. The second kappa shape index (κ2) is 4.30. The van der Waals surface area contributed by atoms with E-state index in [0.717, 1.165) is 13.0 Å². The Morgan fingerprint density at radius 3 is 2.64 bits per heavy atom. The molecule has 0 amide bonds. The SMILES string of the molecule is COC(=O)CC1CCCN1C(C)(C)C. The van der Waals surface area contributed by atoms with Crippen LogP contribution in [0.5, 0.6) is 0 Å². The first-order valence-corrected chi connectivity index (χ1v) is 5.28. The topological polar surface area (TPSA) is 29.5 Å². The van der Waals surface area contributed by atoms with Crippen LogP contribution < -0.4 is 0 Å². The van der Waals surface area contributed by atoms with Crippen molar-refractivity contribution in [2.75, 3.05) is 13.7 Å². The molecule has 0 aromatic carbocycles. The molecule has 1 atom stereocenters. The second-order valence-corrected chi connectivity index (χ2v) is 4.94. The van der Waals surface area contributed by atoms with Crippen LogP contribution in [0.4, 0.5) is 0 Å². The molecular formula is C11H21NO2. The van der Waals surface area contributed by atoms with Crippen molar-refractivity contribution < 1.29 is 9.53 Å². The molecule has 0 aromatic rings. The van der Waals surface area contributed by atoms with Gasteiger partial charge in [0.25, 0.3) is 0 Å². The maximum atomic E-state index is 11.2. The fourth-order valence-corrected chi connectivity index (χ4v) is 2.21. The molecule has 1 aliphatic rings. The number of nitrogens with zero attached hydrogens (tertiary/aromatic N) is 1. The van der Waals surface area contributed by atoms with Gasteiger partial charge in [-0.25, -0.2) is 0 Å². The number of methoxy groups -OCH3 is 1. The lowest BCUT2D eigenvalue weighted by molar-refractivity contribution is -0.142. The summed E-state index contributed by atoms with van der Waals surface area (Å²) in [5.74, 6) is -0.0915. The molecule has 1 unspecified atom stereocenters. The van der Waals surface area contributed by atoms with Crippen LogP contribution in [-0.2, 0) is 9.53 Å². The second-order valence-electron chi connectivity index (χ2n) is 4.94. The van der Waals surface area contributed by atoms with Crippen LogP contribution in [0.15, 0.2) is 0 Å². The molecular weight excluding hydrogens is 178 g/mol. The van der Waals surface area contributed by atoms with Crippen LogP contribution in [0.1, 0.15) is 40.0 Å². The van der Waals surface area contributed by atoms with Gasteiger partial charge in [-0.05, 0) is 40.2 Å². The lowest BCUT2D eigenvalue weighted by Crippen LogP contribution is -2.45. The van der Waals surface area contributed by atoms with Crippen LogP contribution >= 0.6 is 0 Å². The van der Waals surface area contributed by atoms with Crippen molar-refractivity contribution in [2.24, 2.45) is 0 Å². The van der Waals surface area contributed by atoms with Crippen molar-refractivity contribution >= 4 is 5.97 Å². The van der Waals surface area contributed by atoms with E-state index >= 15 is 0 Å². The van der Waals surface area contributed by atoms with E-state index < -0.39 is 0 Å². The van der Waals surface area contributed by atoms with Crippen molar-refractivity contribution in [1.29, 1.82) is 0 Å². The molecule has 3 nitrogen and oxygen atoms in total. The van der Waals surface area contributed by atoms with Crippen LogP contribution in [0, 0.1) is 0 Å². The van der Waals surface area contributed by atoms with E-state index in [1.807, 2.05) is 0 Å². The average molecular weight is 199 g/mol. The highest BCUT2D eigenvalue weighted by Crippen LogP contribution is 2.28. The molecule has 0 aromatic heterocycles. The van der Waals surface area contributed by atoms with Crippen LogP contribution in [-0.4, -0.2) is 36.1 Å². The first-order chi connectivity index (χ1) is 6.45. The summed E-state index contributed by atoms with van der Waals surface area (Å²) in [5.41, 5.74) is 0.162. The number of esters is 1. The summed E-state index contributed by atoms with van der Waals surface area (Å²) in [5, 5.41) is 0. The number of carbonyl (C=O) groups is 1. The van der Waals surface area contributed by atoms with Gasteiger partial charge in [0.05, 0.1) is 13.5 Å². The molecule has 3 heteroatoms. The summed E-state index contributed by atoms with van der Waals surface area (Å²) >= 11 is 0. The first-order valence-electron chi connectivity index (χ1n) is 5.28. The lowest BCUT2D eigenvalue weighted by atomic mass is 10.0. The van der Waals surface area contributed by atoms with Gasteiger partial charge in [0, 0.05) is 11.6 Å². The Labute approximate surface area is 86.4 Å². The molecule has 82 valence electrons. The molecule has 1 aliphatic heterocycles. The number of rotatable bonds is 2. The third-order valence-electron chi connectivity index (χ3n) is 2.87. The van der Waals surface area contributed by atoms with Gasteiger partial charge in [-0.1, -0.05) is 0 Å². The Bertz CT molecular complexity index is 208. The minimum Gasteiger partial charge on any atom is -0.469 e.